The number of unbranched alkanes of at least 4 members (excludes halogenated alkanes) is 2. The Hall–Kier alpha value is -2.17. The van der Waals surface area contributed by atoms with Crippen molar-refractivity contribution >= 4 is 22.8 Å². The fourth-order valence-electron chi connectivity index (χ4n) is 2.05. The van der Waals surface area contributed by atoms with E-state index in [1.807, 2.05) is 19.1 Å². The Balaban J connectivity index is 2.20. The average molecular weight is 274 g/mol. The summed E-state index contributed by atoms with van der Waals surface area (Å²) in [5.41, 5.74) is 0.867. The molecule has 106 valence electrons. The molecule has 1 aromatic heterocycles. The fourth-order valence-corrected chi connectivity index (χ4v) is 2.05. The van der Waals surface area contributed by atoms with Gasteiger partial charge in [-0.15, -0.1) is 0 Å². The van der Waals surface area contributed by atoms with E-state index in [1.54, 1.807) is 6.07 Å². The lowest BCUT2D eigenvalue weighted by Crippen LogP contribution is -2.15. The number of fused-ring (bicyclic) bond motifs is 1. The number of aryl methyl sites for hydroxylation is 1. The Morgan fingerprint density at radius 3 is 2.90 bits per heavy atom. The number of benzene rings is 1. The predicted molar refractivity (Wildman–Crippen MR) is 77.8 cm³/mol. The van der Waals surface area contributed by atoms with Crippen LogP contribution in [0.25, 0.3) is 10.9 Å². The van der Waals surface area contributed by atoms with Crippen LogP contribution in [-0.2, 0) is 4.79 Å². The Kier molecular flexibility index (Phi) is 4.50. The van der Waals surface area contributed by atoms with Crippen molar-refractivity contribution in [2.24, 2.45) is 0 Å². The zero-order valence-corrected chi connectivity index (χ0v) is 11.7. The molecular formula is C15H18N2O3. The molecule has 2 rings (SSSR count). The second-order valence-corrected chi connectivity index (χ2v) is 4.78. The van der Waals surface area contributed by atoms with Gasteiger partial charge in [0.05, 0.1) is 10.9 Å². The summed E-state index contributed by atoms with van der Waals surface area (Å²) in [5.74, 6) is -0.180. The molecule has 0 spiro atoms. The second kappa shape index (κ2) is 6.32. The standard InChI is InChI=1S/C15H18N2O3/c1-3-4-5-9-12(18)17-15-16-11-8-6-7-10(2)13(11)14(19)20-15/h6-8H,3-5,9H2,1-2H3,(H,16,17,18). The molecule has 0 saturated carbocycles. The van der Waals surface area contributed by atoms with Crippen LogP contribution in [0.1, 0.15) is 38.2 Å². The van der Waals surface area contributed by atoms with Crippen LogP contribution in [0.3, 0.4) is 0 Å². The summed E-state index contributed by atoms with van der Waals surface area (Å²) >= 11 is 0. The summed E-state index contributed by atoms with van der Waals surface area (Å²) in [6.45, 7) is 3.90. The monoisotopic (exact) mass is 274 g/mol. The van der Waals surface area contributed by atoms with Crippen molar-refractivity contribution in [3.63, 3.8) is 0 Å². The summed E-state index contributed by atoms with van der Waals surface area (Å²) in [7, 11) is 0. The number of nitrogens with zero attached hydrogens (tertiary/aromatic N) is 1. The predicted octanol–water partition coefficient (Wildman–Crippen LogP) is 3.02. The van der Waals surface area contributed by atoms with E-state index in [-0.39, 0.29) is 11.9 Å². The Bertz CT molecular complexity index is 676. The molecule has 2 aromatic rings. The smallest absolute Gasteiger partial charge is 0.348 e. The maximum Gasteiger partial charge on any atom is 0.348 e. The normalized spacial score (nSPS) is 10.7. The van der Waals surface area contributed by atoms with Gasteiger partial charge in [0.25, 0.3) is 0 Å². The molecule has 0 saturated heterocycles. The van der Waals surface area contributed by atoms with Gasteiger partial charge in [0.1, 0.15) is 0 Å². The number of anilines is 1. The third-order valence-electron chi connectivity index (χ3n) is 3.12. The number of carbonyl (C=O) groups excluding carboxylic acids is 1. The highest BCUT2D eigenvalue weighted by Gasteiger charge is 2.10. The zero-order valence-electron chi connectivity index (χ0n) is 11.7. The first-order valence-electron chi connectivity index (χ1n) is 6.82. The molecule has 0 aliphatic heterocycles. The van der Waals surface area contributed by atoms with Crippen LogP contribution in [0.5, 0.6) is 0 Å². The highest BCUT2D eigenvalue weighted by Crippen LogP contribution is 2.14. The van der Waals surface area contributed by atoms with Gasteiger partial charge in [-0.2, -0.15) is 4.98 Å². The summed E-state index contributed by atoms with van der Waals surface area (Å²) in [6, 6.07) is 5.34. The Morgan fingerprint density at radius 1 is 1.35 bits per heavy atom. The fraction of sp³-hybridized carbons (Fsp3) is 0.400. The summed E-state index contributed by atoms with van der Waals surface area (Å²) < 4.78 is 5.05. The van der Waals surface area contributed by atoms with Crippen LogP contribution in [0.2, 0.25) is 0 Å². The maximum absolute atomic E-state index is 11.9. The minimum Gasteiger partial charge on any atom is -0.388 e. The van der Waals surface area contributed by atoms with Gasteiger partial charge in [0.2, 0.25) is 5.91 Å². The van der Waals surface area contributed by atoms with Crippen LogP contribution in [0.15, 0.2) is 27.4 Å². The zero-order chi connectivity index (χ0) is 14.5. The van der Waals surface area contributed by atoms with Gasteiger partial charge >= 0.3 is 11.6 Å². The Morgan fingerprint density at radius 2 is 2.15 bits per heavy atom. The lowest BCUT2D eigenvalue weighted by atomic mass is 10.1. The van der Waals surface area contributed by atoms with E-state index in [4.69, 9.17) is 4.42 Å². The maximum atomic E-state index is 11.9. The topological polar surface area (TPSA) is 72.2 Å². The summed E-state index contributed by atoms with van der Waals surface area (Å²) in [6.07, 6.45) is 3.28. The van der Waals surface area contributed by atoms with E-state index >= 15 is 0 Å². The van der Waals surface area contributed by atoms with Crippen molar-refractivity contribution in [3.8, 4) is 0 Å². The van der Waals surface area contributed by atoms with Crippen LogP contribution in [-0.4, -0.2) is 10.9 Å². The Labute approximate surface area is 117 Å². The molecule has 0 fully saturated rings. The van der Waals surface area contributed by atoms with E-state index in [0.717, 1.165) is 24.8 Å². The highest BCUT2D eigenvalue weighted by molar-refractivity contribution is 5.89. The third-order valence-corrected chi connectivity index (χ3v) is 3.12. The van der Waals surface area contributed by atoms with E-state index in [2.05, 4.69) is 17.2 Å². The molecular weight excluding hydrogens is 256 g/mol. The SMILES string of the molecule is CCCCCC(=O)Nc1nc2cccc(C)c2c(=O)o1. The van der Waals surface area contributed by atoms with Gasteiger partial charge in [-0.25, -0.2) is 4.79 Å². The quantitative estimate of drug-likeness (QED) is 0.851. The van der Waals surface area contributed by atoms with Crippen molar-refractivity contribution in [2.45, 2.75) is 39.5 Å². The van der Waals surface area contributed by atoms with E-state index in [9.17, 15) is 9.59 Å². The average Bonchev–Trinajstić information content (AvgIpc) is 2.38. The number of nitrogens with one attached hydrogen (secondary N) is 1. The van der Waals surface area contributed by atoms with Crippen molar-refractivity contribution in [3.05, 3.63) is 34.2 Å². The highest BCUT2D eigenvalue weighted by atomic mass is 16.4. The molecule has 1 heterocycles. The van der Waals surface area contributed by atoms with E-state index in [0.29, 0.717) is 17.3 Å². The van der Waals surface area contributed by atoms with Crippen LogP contribution < -0.4 is 10.9 Å². The van der Waals surface area contributed by atoms with Gasteiger partial charge in [-0.3, -0.25) is 10.1 Å². The minimum absolute atomic E-state index is 0.0328. The van der Waals surface area contributed by atoms with Crippen LogP contribution in [0, 0.1) is 6.92 Å². The van der Waals surface area contributed by atoms with Crippen molar-refractivity contribution in [1.82, 2.24) is 4.98 Å². The van der Waals surface area contributed by atoms with Gasteiger partial charge < -0.3 is 4.42 Å². The molecule has 1 N–H and O–H groups in total. The largest absolute Gasteiger partial charge is 0.388 e. The number of hydrogen-bond donors (Lipinski definition) is 1. The molecule has 20 heavy (non-hydrogen) atoms. The summed E-state index contributed by atoms with van der Waals surface area (Å²) in [4.78, 5) is 27.8. The lowest BCUT2D eigenvalue weighted by Gasteiger charge is -2.04. The summed E-state index contributed by atoms with van der Waals surface area (Å²) in [5, 5.41) is 2.99. The number of hydrogen-bond acceptors (Lipinski definition) is 4. The lowest BCUT2D eigenvalue weighted by molar-refractivity contribution is -0.116. The van der Waals surface area contributed by atoms with Crippen molar-refractivity contribution in [2.75, 3.05) is 5.32 Å². The second-order valence-electron chi connectivity index (χ2n) is 4.78. The molecule has 1 amide bonds. The number of amides is 1. The number of rotatable bonds is 5. The molecule has 5 nitrogen and oxygen atoms in total. The van der Waals surface area contributed by atoms with Crippen molar-refractivity contribution in [1.29, 1.82) is 0 Å². The molecule has 0 atom stereocenters. The third kappa shape index (κ3) is 3.23. The molecule has 0 bridgehead atoms. The minimum atomic E-state index is -0.475. The molecule has 1 aromatic carbocycles. The van der Waals surface area contributed by atoms with Gasteiger partial charge in [0.15, 0.2) is 0 Å². The molecule has 5 heteroatoms. The van der Waals surface area contributed by atoms with Gasteiger partial charge in [-0.1, -0.05) is 31.9 Å². The van der Waals surface area contributed by atoms with E-state index in [1.165, 1.54) is 0 Å². The molecule has 0 unspecified atom stereocenters. The van der Waals surface area contributed by atoms with Crippen LogP contribution in [0.4, 0.5) is 6.01 Å². The first-order valence-corrected chi connectivity index (χ1v) is 6.82. The number of aromatic nitrogens is 1. The van der Waals surface area contributed by atoms with E-state index < -0.39 is 5.63 Å². The molecule has 0 aliphatic carbocycles. The molecule has 0 aliphatic rings. The molecule has 0 radical (unpaired) electrons. The van der Waals surface area contributed by atoms with Crippen LogP contribution >= 0.6 is 0 Å². The van der Waals surface area contributed by atoms with Crippen molar-refractivity contribution < 1.29 is 9.21 Å². The van der Waals surface area contributed by atoms with Gasteiger partial charge in [-0.05, 0) is 25.0 Å². The first kappa shape index (κ1) is 14.2. The first-order chi connectivity index (χ1) is 9.61. The van der Waals surface area contributed by atoms with Gasteiger partial charge in [0, 0.05) is 6.42 Å². The number of carbonyl (C=O) groups is 1.